The molecule has 3 rings (SSSR count). The highest BCUT2D eigenvalue weighted by atomic mass is 16.4. The quantitative estimate of drug-likeness (QED) is 0.792. The molecule has 0 aliphatic carbocycles. The summed E-state index contributed by atoms with van der Waals surface area (Å²) in [6.07, 6.45) is 4.01. The van der Waals surface area contributed by atoms with Gasteiger partial charge in [0.1, 0.15) is 0 Å². The number of pyridine rings is 1. The number of aromatic nitrogens is 1. The van der Waals surface area contributed by atoms with E-state index in [9.17, 15) is 9.90 Å². The molecule has 0 amide bonds. The molecule has 2 aromatic carbocycles. The number of aliphatic carboxylic acids is 1. The monoisotopic (exact) mass is 277 g/mol. The Bertz CT molecular complexity index is 763. The summed E-state index contributed by atoms with van der Waals surface area (Å²) < 4.78 is 0. The van der Waals surface area contributed by atoms with Crippen molar-refractivity contribution in [2.24, 2.45) is 0 Å². The lowest BCUT2D eigenvalue weighted by atomic mass is 9.90. The number of carbonyl (C=O) groups is 1. The molecule has 0 saturated heterocycles. The molecule has 1 heterocycles. The van der Waals surface area contributed by atoms with Gasteiger partial charge >= 0.3 is 5.97 Å². The number of hydrogen-bond acceptors (Lipinski definition) is 2. The molecule has 1 aromatic heterocycles. The molecule has 1 N–H and O–H groups in total. The number of hydrogen-bond donors (Lipinski definition) is 1. The van der Waals surface area contributed by atoms with Crippen molar-refractivity contribution in [3.63, 3.8) is 0 Å². The van der Waals surface area contributed by atoms with Crippen LogP contribution in [0.3, 0.4) is 0 Å². The van der Waals surface area contributed by atoms with Gasteiger partial charge in [0.25, 0.3) is 0 Å². The third-order valence-electron chi connectivity index (χ3n) is 3.70. The Balaban J connectivity index is 2.01. The van der Waals surface area contributed by atoms with Gasteiger partial charge < -0.3 is 5.11 Å². The minimum absolute atomic E-state index is 0.461. The van der Waals surface area contributed by atoms with Crippen molar-refractivity contribution in [3.8, 4) is 0 Å². The second-order valence-electron chi connectivity index (χ2n) is 5.02. The van der Waals surface area contributed by atoms with E-state index in [0.29, 0.717) is 6.42 Å². The molecule has 0 fully saturated rings. The van der Waals surface area contributed by atoms with Crippen molar-refractivity contribution < 1.29 is 9.90 Å². The molecule has 0 aliphatic rings. The Morgan fingerprint density at radius 3 is 2.62 bits per heavy atom. The number of carboxylic acids is 1. The summed E-state index contributed by atoms with van der Waals surface area (Å²) in [7, 11) is 0. The van der Waals surface area contributed by atoms with Gasteiger partial charge in [-0.2, -0.15) is 0 Å². The van der Waals surface area contributed by atoms with Gasteiger partial charge in [0.15, 0.2) is 0 Å². The van der Waals surface area contributed by atoms with Crippen molar-refractivity contribution in [3.05, 3.63) is 78.1 Å². The van der Waals surface area contributed by atoms with Gasteiger partial charge in [0, 0.05) is 17.8 Å². The molecule has 104 valence electrons. The Morgan fingerprint density at radius 1 is 1.05 bits per heavy atom. The average molecular weight is 277 g/mol. The van der Waals surface area contributed by atoms with Gasteiger partial charge in [-0.25, -0.2) is 0 Å². The number of benzene rings is 2. The van der Waals surface area contributed by atoms with Crippen LogP contribution in [0.1, 0.15) is 17.0 Å². The first-order chi connectivity index (χ1) is 10.3. The molecule has 3 heteroatoms. The normalized spacial score (nSPS) is 12.2. The molecular weight excluding hydrogens is 262 g/mol. The minimum atomic E-state index is -0.804. The summed E-state index contributed by atoms with van der Waals surface area (Å²) in [5.74, 6) is -1.35. The highest BCUT2D eigenvalue weighted by Crippen LogP contribution is 2.25. The fourth-order valence-corrected chi connectivity index (χ4v) is 2.61. The van der Waals surface area contributed by atoms with Gasteiger partial charge in [0.05, 0.1) is 5.92 Å². The van der Waals surface area contributed by atoms with Crippen LogP contribution in [0.2, 0.25) is 0 Å². The van der Waals surface area contributed by atoms with E-state index in [0.717, 1.165) is 21.9 Å². The van der Waals surface area contributed by atoms with Gasteiger partial charge in [0.2, 0.25) is 0 Å². The lowest BCUT2D eigenvalue weighted by Crippen LogP contribution is -2.14. The summed E-state index contributed by atoms with van der Waals surface area (Å²) in [6.45, 7) is 0. The summed E-state index contributed by atoms with van der Waals surface area (Å²) in [5.41, 5.74) is 1.84. The smallest absolute Gasteiger partial charge is 0.311 e. The molecule has 0 aliphatic heterocycles. The van der Waals surface area contributed by atoms with E-state index in [4.69, 9.17) is 0 Å². The second kappa shape index (κ2) is 5.75. The Kier molecular flexibility index (Phi) is 3.65. The molecule has 0 saturated carbocycles. The Morgan fingerprint density at radius 2 is 1.86 bits per heavy atom. The highest BCUT2D eigenvalue weighted by Gasteiger charge is 2.20. The maximum atomic E-state index is 11.6. The standard InChI is InChI=1S/C18H15NO2/c20-18(21)16(13-5-2-1-3-6-13)11-15-8-4-7-14-9-10-19-12-17(14)15/h1-10,12,16H,11H2,(H,20,21). The van der Waals surface area contributed by atoms with Crippen LogP contribution in [0.4, 0.5) is 0 Å². The van der Waals surface area contributed by atoms with Crippen molar-refractivity contribution >= 4 is 16.7 Å². The van der Waals surface area contributed by atoms with Crippen LogP contribution in [-0.4, -0.2) is 16.1 Å². The predicted molar refractivity (Wildman–Crippen MR) is 82.3 cm³/mol. The first-order valence-electron chi connectivity index (χ1n) is 6.85. The molecule has 1 unspecified atom stereocenters. The minimum Gasteiger partial charge on any atom is -0.481 e. The van der Waals surface area contributed by atoms with Crippen LogP contribution >= 0.6 is 0 Å². The van der Waals surface area contributed by atoms with Gasteiger partial charge in [-0.1, -0.05) is 48.5 Å². The zero-order valence-corrected chi connectivity index (χ0v) is 11.4. The third-order valence-corrected chi connectivity index (χ3v) is 3.70. The van der Waals surface area contributed by atoms with Crippen molar-refractivity contribution in [2.75, 3.05) is 0 Å². The van der Waals surface area contributed by atoms with Crippen molar-refractivity contribution in [2.45, 2.75) is 12.3 Å². The van der Waals surface area contributed by atoms with E-state index >= 15 is 0 Å². The van der Waals surface area contributed by atoms with E-state index in [2.05, 4.69) is 4.98 Å². The van der Waals surface area contributed by atoms with Gasteiger partial charge in [-0.05, 0) is 29.0 Å². The molecule has 0 bridgehead atoms. The van der Waals surface area contributed by atoms with E-state index in [1.165, 1.54) is 0 Å². The lowest BCUT2D eigenvalue weighted by Gasteiger charge is -2.14. The first-order valence-corrected chi connectivity index (χ1v) is 6.85. The largest absolute Gasteiger partial charge is 0.481 e. The number of nitrogens with zero attached hydrogens (tertiary/aromatic N) is 1. The van der Waals surface area contributed by atoms with Crippen LogP contribution < -0.4 is 0 Å². The molecular formula is C18H15NO2. The molecule has 21 heavy (non-hydrogen) atoms. The lowest BCUT2D eigenvalue weighted by molar-refractivity contribution is -0.138. The van der Waals surface area contributed by atoms with Gasteiger partial charge in [-0.3, -0.25) is 9.78 Å². The third kappa shape index (κ3) is 2.77. The summed E-state index contributed by atoms with van der Waals surface area (Å²) >= 11 is 0. The van der Waals surface area contributed by atoms with Crippen LogP contribution in [0.15, 0.2) is 67.0 Å². The second-order valence-corrected chi connectivity index (χ2v) is 5.02. The summed E-state index contributed by atoms with van der Waals surface area (Å²) in [5, 5.41) is 11.6. The van der Waals surface area contributed by atoms with Crippen LogP contribution in [-0.2, 0) is 11.2 Å². The number of carboxylic acid groups (broad SMARTS) is 1. The number of rotatable bonds is 4. The zero-order valence-electron chi connectivity index (χ0n) is 11.4. The van der Waals surface area contributed by atoms with Crippen molar-refractivity contribution in [1.29, 1.82) is 0 Å². The van der Waals surface area contributed by atoms with Crippen LogP contribution in [0.25, 0.3) is 10.8 Å². The molecule has 0 radical (unpaired) electrons. The maximum absolute atomic E-state index is 11.6. The van der Waals surface area contributed by atoms with E-state index in [-0.39, 0.29) is 0 Å². The fraction of sp³-hybridized carbons (Fsp3) is 0.111. The average Bonchev–Trinajstić information content (AvgIpc) is 2.53. The molecule has 3 nitrogen and oxygen atoms in total. The van der Waals surface area contributed by atoms with E-state index < -0.39 is 11.9 Å². The first kappa shape index (κ1) is 13.3. The van der Waals surface area contributed by atoms with E-state index in [1.54, 1.807) is 12.4 Å². The zero-order chi connectivity index (χ0) is 14.7. The fourth-order valence-electron chi connectivity index (χ4n) is 2.61. The van der Waals surface area contributed by atoms with Crippen LogP contribution in [0.5, 0.6) is 0 Å². The molecule has 3 aromatic rings. The topological polar surface area (TPSA) is 50.2 Å². The van der Waals surface area contributed by atoms with Crippen molar-refractivity contribution in [1.82, 2.24) is 4.98 Å². The summed E-state index contributed by atoms with van der Waals surface area (Å²) in [4.78, 5) is 15.8. The summed E-state index contributed by atoms with van der Waals surface area (Å²) in [6, 6.07) is 17.3. The molecule has 1 atom stereocenters. The predicted octanol–water partition coefficient (Wildman–Crippen LogP) is 3.65. The van der Waals surface area contributed by atoms with E-state index in [1.807, 2.05) is 54.6 Å². The number of fused-ring (bicyclic) bond motifs is 1. The Labute approximate surface area is 122 Å². The Hall–Kier alpha value is -2.68. The molecule has 0 spiro atoms. The maximum Gasteiger partial charge on any atom is 0.311 e. The van der Waals surface area contributed by atoms with Crippen LogP contribution in [0, 0.1) is 0 Å². The SMILES string of the molecule is O=C(O)C(Cc1cccc2ccncc12)c1ccccc1. The highest BCUT2D eigenvalue weighted by molar-refractivity contribution is 5.86. The van der Waals surface area contributed by atoms with Gasteiger partial charge in [-0.15, -0.1) is 0 Å².